The van der Waals surface area contributed by atoms with Crippen molar-refractivity contribution in [3.05, 3.63) is 71.8 Å². The van der Waals surface area contributed by atoms with Crippen molar-refractivity contribution in [3.8, 4) is 23.3 Å². The van der Waals surface area contributed by atoms with Crippen LogP contribution in [0.15, 0.2) is 70.5 Å². The molecule has 4 rings (SSSR count). The number of nitrogens with one attached hydrogen (secondary N) is 2. The van der Waals surface area contributed by atoms with Crippen LogP contribution < -0.4 is 24.8 Å². The van der Waals surface area contributed by atoms with E-state index in [0.29, 0.717) is 11.3 Å². The van der Waals surface area contributed by atoms with Gasteiger partial charge in [0.2, 0.25) is 0 Å². The van der Waals surface area contributed by atoms with Crippen molar-refractivity contribution >= 4 is 36.4 Å². The summed E-state index contributed by atoms with van der Waals surface area (Å²) in [5.41, 5.74) is 2.61. The normalized spacial score (nSPS) is 14.4. The largest absolute Gasteiger partial charge is 0.493 e. The maximum Gasteiger partial charge on any atom is 0.179 e. The first-order chi connectivity index (χ1) is 16.5. The second-order valence-corrected chi connectivity index (χ2v) is 8.70. The minimum atomic E-state index is -0.665. The highest BCUT2D eigenvalue weighted by molar-refractivity contribution is 8.00. The van der Waals surface area contributed by atoms with E-state index in [1.165, 1.54) is 4.90 Å². The highest BCUT2D eigenvalue weighted by Gasteiger charge is 2.22. The van der Waals surface area contributed by atoms with E-state index in [9.17, 15) is 4.79 Å². The van der Waals surface area contributed by atoms with E-state index in [1.54, 1.807) is 74.5 Å². The van der Waals surface area contributed by atoms with Gasteiger partial charge in [0.15, 0.2) is 23.9 Å². The molecule has 0 spiro atoms. The number of fused-ring (bicyclic) bond motifs is 1. The number of nitriles is 1. The number of hydrogen-bond donors (Lipinski definition) is 3. The fourth-order valence-electron chi connectivity index (χ4n) is 3.09. The van der Waals surface area contributed by atoms with Crippen LogP contribution in [0.1, 0.15) is 17.2 Å². The molecule has 176 valence electrons. The molecular weight excluding hydrogens is 470 g/mol. The SMILES string of the molecule is CNC1Nc2cc(OC)c(OC)cc2S1.N#Cc1ccc(OC(C=O)c2ccc(S)cc2)cc1. The fourth-order valence-corrected chi connectivity index (χ4v) is 4.22. The summed E-state index contributed by atoms with van der Waals surface area (Å²) in [6, 6.07) is 19.8. The van der Waals surface area contributed by atoms with E-state index in [2.05, 4.69) is 23.3 Å². The number of aldehydes is 1. The van der Waals surface area contributed by atoms with Crippen LogP contribution in [0.2, 0.25) is 0 Å². The number of rotatable bonds is 7. The number of nitrogens with zero attached hydrogens (tertiary/aromatic N) is 1. The second-order valence-electron chi connectivity index (χ2n) is 7.04. The number of hydrogen-bond acceptors (Lipinski definition) is 9. The van der Waals surface area contributed by atoms with Crippen molar-refractivity contribution in [1.29, 1.82) is 5.26 Å². The number of ether oxygens (including phenoxy) is 3. The number of carbonyl (C=O) groups is 1. The zero-order valence-electron chi connectivity index (χ0n) is 18.9. The zero-order valence-corrected chi connectivity index (χ0v) is 20.7. The van der Waals surface area contributed by atoms with Crippen molar-refractivity contribution in [2.45, 2.75) is 21.4 Å². The van der Waals surface area contributed by atoms with Crippen molar-refractivity contribution in [2.75, 3.05) is 26.6 Å². The van der Waals surface area contributed by atoms with E-state index in [4.69, 9.17) is 19.5 Å². The summed E-state index contributed by atoms with van der Waals surface area (Å²) in [5, 5.41) is 15.2. The molecule has 0 aliphatic carbocycles. The van der Waals surface area contributed by atoms with Crippen LogP contribution in [-0.2, 0) is 4.79 Å². The van der Waals surface area contributed by atoms with Crippen LogP contribution in [0.4, 0.5) is 5.69 Å². The molecule has 0 saturated carbocycles. The van der Waals surface area contributed by atoms with E-state index >= 15 is 0 Å². The average Bonchev–Trinajstić information content (AvgIpc) is 3.30. The lowest BCUT2D eigenvalue weighted by atomic mass is 10.1. The average molecular weight is 496 g/mol. The molecule has 0 saturated heterocycles. The first kappa shape index (κ1) is 25.3. The monoisotopic (exact) mass is 495 g/mol. The summed E-state index contributed by atoms with van der Waals surface area (Å²) >= 11 is 5.92. The van der Waals surface area contributed by atoms with Gasteiger partial charge in [-0.25, -0.2) is 0 Å². The minimum absolute atomic E-state index is 0.219. The second kappa shape index (κ2) is 12.2. The molecule has 3 aromatic carbocycles. The van der Waals surface area contributed by atoms with Crippen molar-refractivity contribution in [2.24, 2.45) is 0 Å². The number of thioether (sulfide) groups is 1. The van der Waals surface area contributed by atoms with E-state index in [-0.39, 0.29) is 5.50 Å². The molecule has 2 unspecified atom stereocenters. The number of carbonyl (C=O) groups excluding carboxylic acids is 1. The Morgan fingerprint density at radius 1 is 1.09 bits per heavy atom. The summed E-state index contributed by atoms with van der Waals surface area (Å²) in [6.07, 6.45) is 0.0769. The molecule has 0 fully saturated rings. The number of anilines is 1. The Morgan fingerprint density at radius 3 is 2.29 bits per heavy atom. The standard InChI is InChI=1S/C15H11NO2S.C10H14N2O2S/c16-9-11-1-5-13(6-2-11)18-15(10-17)12-3-7-14(19)8-4-12;1-11-10-12-6-4-7(13-2)8(14-3)5-9(6)15-10/h1-8,10,15,19H;4-5,10-12H,1-3H3. The molecule has 0 aromatic heterocycles. The topological polar surface area (TPSA) is 92.6 Å². The third kappa shape index (κ3) is 6.38. The lowest BCUT2D eigenvalue weighted by Gasteiger charge is -2.14. The molecule has 1 aliphatic rings. The zero-order chi connectivity index (χ0) is 24.5. The molecule has 2 N–H and O–H groups in total. The molecule has 0 bridgehead atoms. The number of benzene rings is 3. The van der Waals surface area contributed by atoms with Crippen LogP contribution in [0.25, 0.3) is 0 Å². The van der Waals surface area contributed by atoms with Gasteiger partial charge in [-0.05, 0) is 55.1 Å². The van der Waals surface area contributed by atoms with Crippen LogP contribution in [-0.4, -0.2) is 33.1 Å². The third-order valence-corrected chi connectivity index (χ3v) is 6.35. The Hall–Kier alpha value is -3.32. The molecule has 0 radical (unpaired) electrons. The molecule has 9 heteroatoms. The van der Waals surface area contributed by atoms with Gasteiger partial charge in [-0.3, -0.25) is 10.1 Å². The predicted molar refractivity (Wildman–Crippen MR) is 136 cm³/mol. The van der Waals surface area contributed by atoms with Crippen LogP contribution in [0.3, 0.4) is 0 Å². The quantitative estimate of drug-likeness (QED) is 0.315. The van der Waals surface area contributed by atoms with Crippen molar-refractivity contribution < 1.29 is 19.0 Å². The Balaban J connectivity index is 0.000000196. The molecular formula is C25H25N3O4S2. The van der Waals surface area contributed by atoms with Gasteiger partial charge in [0.05, 0.1) is 31.5 Å². The van der Waals surface area contributed by atoms with Crippen molar-refractivity contribution in [3.63, 3.8) is 0 Å². The van der Waals surface area contributed by atoms with Gasteiger partial charge < -0.3 is 19.5 Å². The maximum absolute atomic E-state index is 11.1. The lowest BCUT2D eigenvalue weighted by Crippen LogP contribution is -2.26. The predicted octanol–water partition coefficient (Wildman–Crippen LogP) is 4.89. The number of thiol groups is 1. The molecule has 2 atom stereocenters. The van der Waals surface area contributed by atoms with Gasteiger partial charge in [-0.2, -0.15) is 5.26 Å². The van der Waals surface area contributed by atoms with E-state index in [1.807, 2.05) is 25.2 Å². The molecule has 0 amide bonds. The van der Waals surface area contributed by atoms with Gasteiger partial charge in [0.1, 0.15) is 11.2 Å². The molecule has 3 aromatic rings. The van der Waals surface area contributed by atoms with Crippen molar-refractivity contribution in [1.82, 2.24) is 5.32 Å². The van der Waals surface area contributed by atoms with Gasteiger partial charge in [0, 0.05) is 15.9 Å². The highest BCUT2D eigenvalue weighted by atomic mass is 32.2. The Kier molecular flexibility index (Phi) is 9.10. The van der Waals surface area contributed by atoms with Gasteiger partial charge in [0.25, 0.3) is 0 Å². The van der Waals surface area contributed by atoms with Crippen LogP contribution >= 0.6 is 24.4 Å². The number of methoxy groups -OCH3 is 2. The first-order valence-electron chi connectivity index (χ1n) is 10.3. The fraction of sp³-hybridized carbons (Fsp3) is 0.200. The maximum atomic E-state index is 11.1. The van der Waals surface area contributed by atoms with Gasteiger partial charge >= 0.3 is 0 Å². The van der Waals surface area contributed by atoms with Crippen LogP contribution in [0, 0.1) is 11.3 Å². The van der Waals surface area contributed by atoms with E-state index in [0.717, 1.165) is 33.9 Å². The smallest absolute Gasteiger partial charge is 0.179 e. The Bertz CT molecular complexity index is 1120. The molecule has 1 heterocycles. The Morgan fingerprint density at radius 2 is 1.74 bits per heavy atom. The third-order valence-electron chi connectivity index (χ3n) is 4.87. The van der Waals surface area contributed by atoms with E-state index < -0.39 is 6.10 Å². The molecule has 7 nitrogen and oxygen atoms in total. The van der Waals surface area contributed by atoms with Gasteiger partial charge in [-0.15, -0.1) is 12.6 Å². The summed E-state index contributed by atoms with van der Waals surface area (Å²) in [7, 11) is 5.21. The summed E-state index contributed by atoms with van der Waals surface area (Å²) in [4.78, 5) is 13.1. The Labute approximate surface area is 208 Å². The minimum Gasteiger partial charge on any atom is -0.493 e. The molecule has 34 heavy (non-hydrogen) atoms. The summed E-state index contributed by atoms with van der Waals surface area (Å²) < 4.78 is 16.1. The summed E-state index contributed by atoms with van der Waals surface area (Å²) in [5.74, 6) is 2.06. The van der Waals surface area contributed by atoms with Crippen LogP contribution in [0.5, 0.6) is 17.2 Å². The molecule has 1 aliphatic heterocycles. The summed E-state index contributed by atoms with van der Waals surface area (Å²) in [6.45, 7) is 0. The highest BCUT2D eigenvalue weighted by Crippen LogP contribution is 2.43. The lowest BCUT2D eigenvalue weighted by molar-refractivity contribution is -0.113. The van der Waals surface area contributed by atoms with Gasteiger partial charge in [-0.1, -0.05) is 23.9 Å². The first-order valence-corrected chi connectivity index (χ1v) is 11.6.